The van der Waals surface area contributed by atoms with Gasteiger partial charge in [0.15, 0.2) is 0 Å². The highest BCUT2D eigenvalue weighted by Gasteiger charge is 2.29. The number of pyridine rings is 1. The molecule has 1 aromatic heterocycles. The van der Waals surface area contributed by atoms with Crippen molar-refractivity contribution in [1.82, 2.24) is 10.3 Å². The van der Waals surface area contributed by atoms with E-state index in [4.69, 9.17) is 10.5 Å². The summed E-state index contributed by atoms with van der Waals surface area (Å²) in [5.41, 5.74) is 11.0. The molecule has 5 rings (SSSR count). The Kier molecular flexibility index (Phi) is 6.35. The maximum Gasteiger partial charge on any atom is 0.407 e. The third-order valence-electron chi connectivity index (χ3n) is 6.59. The summed E-state index contributed by atoms with van der Waals surface area (Å²) in [6.07, 6.45) is -1.21. The maximum atomic E-state index is 12.4. The Morgan fingerprint density at radius 1 is 0.943 bits per heavy atom. The number of carbonyl (C=O) groups is 1. The van der Waals surface area contributed by atoms with Crippen LogP contribution in [0.1, 0.15) is 35.1 Å². The molecule has 0 saturated carbocycles. The van der Waals surface area contributed by atoms with Crippen molar-refractivity contribution in [3.05, 3.63) is 95.7 Å². The van der Waals surface area contributed by atoms with E-state index in [1.54, 1.807) is 0 Å². The highest BCUT2D eigenvalue weighted by atomic mass is 16.5. The van der Waals surface area contributed by atoms with E-state index in [0.29, 0.717) is 16.8 Å². The van der Waals surface area contributed by atoms with E-state index in [1.807, 2.05) is 48.5 Å². The van der Waals surface area contributed by atoms with Crippen molar-refractivity contribution in [2.24, 2.45) is 0 Å². The number of anilines is 1. The summed E-state index contributed by atoms with van der Waals surface area (Å²) in [5.74, 6) is 0.342. The van der Waals surface area contributed by atoms with Crippen LogP contribution in [-0.2, 0) is 4.74 Å². The zero-order chi connectivity index (χ0) is 24.4. The van der Waals surface area contributed by atoms with Crippen LogP contribution in [0.3, 0.4) is 0 Å². The standard InChI is InChI=1S/C28H27N3O4/c29-27-22-12-6-5-11-21(22)23(15-31-27)26(33)25(32)13-14-30-28(34)35-16-24-19-9-3-1-7-17(19)18-8-2-4-10-20(18)24/h1-12,15,24-26,32-33H,13-14,16H2,(H2,29,31)(H,30,34). The first kappa shape index (κ1) is 22.8. The number of fused-ring (bicyclic) bond motifs is 4. The van der Waals surface area contributed by atoms with Crippen molar-refractivity contribution in [2.75, 3.05) is 18.9 Å². The van der Waals surface area contributed by atoms with E-state index in [-0.39, 0.29) is 25.5 Å². The lowest BCUT2D eigenvalue weighted by atomic mass is 9.98. The molecule has 1 amide bonds. The largest absolute Gasteiger partial charge is 0.449 e. The Bertz CT molecular complexity index is 1330. The number of nitrogens with one attached hydrogen (secondary N) is 1. The molecule has 0 radical (unpaired) electrons. The van der Waals surface area contributed by atoms with Crippen molar-refractivity contribution in [3.63, 3.8) is 0 Å². The smallest absolute Gasteiger partial charge is 0.407 e. The lowest BCUT2D eigenvalue weighted by Gasteiger charge is -2.20. The number of ether oxygens (including phenoxy) is 1. The summed E-state index contributed by atoms with van der Waals surface area (Å²) in [6, 6.07) is 23.6. The number of alkyl carbamates (subject to hydrolysis) is 1. The van der Waals surface area contributed by atoms with E-state index in [9.17, 15) is 15.0 Å². The van der Waals surface area contributed by atoms with Crippen molar-refractivity contribution in [1.29, 1.82) is 0 Å². The summed E-state index contributed by atoms with van der Waals surface area (Å²) in [4.78, 5) is 16.5. The van der Waals surface area contributed by atoms with Crippen molar-refractivity contribution in [3.8, 4) is 11.1 Å². The van der Waals surface area contributed by atoms with Crippen LogP contribution >= 0.6 is 0 Å². The van der Waals surface area contributed by atoms with E-state index >= 15 is 0 Å². The highest BCUT2D eigenvalue weighted by Crippen LogP contribution is 2.44. The zero-order valence-corrected chi connectivity index (χ0v) is 19.1. The molecule has 0 saturated heterocycles. The summed E-state index contributed by atoms with van der Waals surface area (Å²) in [7, 11) is 0. The molecule has 0 spiro atoms. The van der Waals surface area contributed by atoms with Crippen molar-refractivity contribution >= 4 is 22.7 Å². The molecule has 35 heavy (non-hydrogen) atoms. The van der Waals surface area contributed by atoms with Crippen LogP contribution in [0.25, 0.3) is 21.9 Å². The van der Waals surface area contributed by atoms with E-state index in [0.717, 1.165) is 16.5 Å². The average Bonchev–Trinajstić information content (AvgIpc) is 3.21. The fourth-order valence-corrected chi connectivity index (χ4v) is 4.81. The van der Waals surface area contributed by atoms with Gasteiger partial charge in [-0.2, -0.15) is 0 Å². The molecular weight excluding hydrogens is 442 g/mol. The molecule has 0 aliphatic heterocycles. The quantitative estimate of drug-likeness (QED) is 0.323. The topological polar surface area (TPSA) is 118 Å². The van der Waals surface area contributed by atoms with Gasteiger partial charge in [-0.05, 0) is 34.1 Å². The molecule has 2 atom stereocenters. The van der Waals surface area contributed by atoms with Gasteiger partial charge in [-0.3, -0.25) is 0 Å². The van der Waals surface area contributed by atoms with Crippen LogP contribution in [0.2, 0.25) is 0 Å². The van der Waals surface area contributed by atoms with Gasteiger partial charge in [0.2, 0.25) is 0 Å². The van der Waals surface area contributed by atoms with Gasteiger partial charge in [0.05, 0.1) is 6.10 Å². The molecule has 178 valence electrons. The second kappa shape index (κ2) is 9.74. The average molecular weight is 470 g/mol. The number of hydrogen-bond donors (Lipinski definition) is 4. The molecule has 4 aromatic rings. The molecule has 2 unspecified atom stereocenters. The molecule has 3 aromatic carbocycles. The van der Waals surface area contributed by atoms with Gasteiger partial charge in [0.1, 0.15) is 18.5 Å². The second-order valence-electron chi connectivity index (χ2n) is 8.70. The number of carbonyl (C=O) groups excluding carboxylic acids is 1. The summed E-state index contributed by atoms with van der Waals surface area (Å²) in [5, 5.41) is 25.4. The van der Waals surface area contributed by atoms with Gasteiger partial charge in [-0.25, -0.2) is 9.78 Å². The van der Waals surface area contributed by atoms with E-state index in [1.165, 1.54) is 17.3 Å². The number of nitrogens with two attached hydrogens (primary N) is 1. The third-order valence-corrected chi connectivity index (χ3v) is 6.59. The normalized spacial score (nSPS) is 14.2. The first-order valence-corrected chi connectivity index (χ1v) is 11.6. The molecule has 7 nitrogen and oxygen atoms in total. The summed E-state index contributed by atoms with van der Waals surface area (Å²) >= 11 is 0. The van der Waals surface area contributed by atoms with E-state index < -0.39 is 18.3 Å². The van der Waals surface area contributed by atoms with Crippen molar-refractivity contribution < 1.29 is 19.7 Å². The first-order valence-electron chi connectivity index (χ1n) is 11.6. The summed E-state index contributed by atoms with van der Waals surface area (Å²) in [6.45, 7) is 0.364. The van der Waals surface area contributed by atoms with E-state index in [2.05, 4.69) is 34.6 Å². The van der Waals surface area contributed by atoms with Gasteiger partial charge >= 0.3 is 6.09 Å². The fraction of sp³-hybridized carbons (Fsp3) is 0.214. The minimum absolute atomic E-state index is 0.0214. The molecule has 1 aliphatic rings. The van der Waals surface area contributed by atoms with Crippen LogP contribution in [0, 0.1) is 0 Å². The molecular formula is C28H27N3O4. The minimum atomic E-state index is -1.17. The SMILES string of the molecule is Nc1ncc(C(O)C(O)CCNC(=O)OCC2c3ccccc3-c3ccccc32)c2ccccc12. The van der Waals surface area contributed by atoms with Gasteiger partial charge in [-0.1, -0.05) is 72.8 Å². The molecule has 7 heteroatoms. The monoisotopic (exact) mass is 469 g/mol. The Balaban J connectivity index is 1.16. The van der Waals surface area contributed by atoms with Crippen LogP contribution in [-0.4, -0.2) is 40.5 Å². The number of aliphatic hydroxyl groups excluding tert-OH is 2. The lowest BCUT2D eigenvalue weighted by Crippen LogP contribution is -2.30. The number of hydrogen-bond acceptors (Lipinski definition) is 6. The number of nitrogens with zero attached hydrogens (tertiary/aromatic N) is 1. The Morgan fingerprint density at radius 3 is 2.23 bits per heavy atom. The molecule has 5 N–H and O–H groups in total. The fourth-order valence-electron chi connectivity index (χ4n) is 4.81. The Hall–Kier alpha value is -3.94. The number of amides is 1. The van der Waals surface area contributed by atoms with Gasteiger partial charge in [0, 0.05) is 29.6 Å². The van der Waals surface area contributed by atoms with Crippen molar-refractivity contribution in [2.45, 2.75) is 24.5 Å². The summed E-state index contributed by atoms with van der Waals surface area (Å²) < 4.78 is 5.52. The Labute approximate surface area is 203 Å². The van der Waals surface area contributed by atoms with Gasteiger partial charge in [-0.15, -0.1) is 0 Å². The molecule has 0 fully saturated rings. The highest BCUT2D eigenvalue weighted by molar-refractivity contribution is 5.93. The maximum absolute atomic E-state index is 12.4. The predicted molar refractivity (Wildman–Crippen MR) is 135 cm³/mol. The second-order valence-corrected chi connectivity index (χ2v) is 8.70. The number of nitrogen functional groups attached to an aromatic ring is 1. The molecule has 0 bridgehead atoms. The zero-order valence-electron chi connectivity index (χ0n) is 19.1. The number of aliphatic hydroxyl groups is 2. The molecule has 1 aliphatic carbocycles. The first-order chi connectivity index (χ1) is 17.0. The van der Waals surface area contributed by atoms with Gasteiger partial charge in [0.25, 0.3) is 0 Å². The van der Waals surface area contributed by atoms with Crippen LogP contribution in [0.15, 0.2) is 79.0 Å². The lowest BCUT2D eigenvalue weighted by molar-refractivity contribution is 0.0143. The van der Waals surface area contributed by atoms with Crippen LogP contribution in [0.4, 0.5) is 10.6 Å². The third kappa shape index (κ3) is 4.43. The Morgan fingerprint density at radius 2 is 1.54 bits per heavy atom. The number of rotatable bonds is 7. The number of benzene rings is 3. The van der Waals surface area contributed by atoms with Gasteiger partial charge < -0.3 is 26.0 Å². The van der Waals surface area contributed by atoms with Crippen LogP contribution < -0.4 is 11.1 Å². The number of aromatic nitrogens is 1. The molecule has 1 heterocycles. The predicted octanol–water partition coefficient (Wildman–Crippen LogP) is 4.14. The minimum Gasteiger partial charge on any atom is -0.449 e. The van der Waals surface area contributed by atoms with Crippen LogP contribution in [0.5, 0.6) is 0 Å².